The van der Waals surface area contributed by atoms with Gasteiger partial charge in [-0.25, -0.2) is 14.2 Å². The third-order valence-electron chi connectivity index (χ3n) is 4.91. The molecule has 0 aliphatic carbocycles. The number of para-hydroxylation sites is 1. The van der Waals surface area contributed by atoms with E-state index in [9.17, 15) is 9.59 Å². The van der Waals surface area contributed by atoms with Crippen molar-refractivity contribution in [3.05, 3.63) is 71.5 Å². The third-order valence-corrected chi connectivity index (χ3v) is 5.15. The van der Waals surface area contributed by atoms with E-state index in [1.165, 1.54) is 4.57 Å². The first-order valence-corrected chi connectivity index (χ1v) is 11.0. The van der Waals surface area contributed by atoms with Crippen LogP contribution in [0, 0.1) is 0 Å². The molecule has 0 bridgehead atoms. The van der Waals surface area contributed by atoms with Crippen molar-refractivity contribution in [1.29, 1.82) is 0 Å². The van der Waals surface area contributed by atoms with Gasteiger partial charge >= 0.3 is 12.2 Å². The number of carboxylic acid groups (broad SMARTS) is 1. The van der Waals surface area contributed by atoms with Gasteiger partial charge in [-0.3, -0.25) is 4.57 Å². The quantitative estimate of drug-likeness (QED) is 0.289. The van der Waals surface area contributed by atoms with Crippen molar-refractivity contribution in [2.45, 2.75) is 52.6 Å². The number of hydrogen-bond donors (Lipinski definition) is 1. The molecule has 0 aliphatic heterocycles. The van der Waals surface area contributed by atoms with Gasteiger partial charge in [0.25, 0.3) is 0 Å². The minimum atomic E-state index is -0.948. The summed E-state index contributed by atoms with van der Waals surface area (Å²) in [5.41, 5.74) is 1.75. The summed E-state index contributed by atoms with van der Waals surface area (Å²) < 4.78 is 8.40. The highest BCUT2D eigenvalue weighted by Crippen LogP contribution is 2.31. The first-order chi connectivity index (χ1) is 15.3. The van der Waals surface area contributed by atoms with Crippen molar-refractivity contribution in [2.24, 2.45) is 0 Å². The zero-order chi connectivity index (χ0) is 24.6. The number of ether oxygens (including phenoxy) is 1. The summed E-state index contributed by atoms with van der Waals surface area (Å²) >= 11 is 6.06. The fourth-order valence-corrected chi connectivity index (χ4v) is 3.67. The second kappa shape index (κ2) is 8.94. The number of aromatic nitrogens is 2. The van der Waals surface area contributed by atoms with E-state index >= 15 is 0 Å². The van der Waals surface area contributed by atoms with Gasteiger partial charge in [-0.05, 0) is 57.2 Å². The molecule has 4 rings (SSSR count). The minimum Gasteiger partial charge on any atom is -0.464 e. The molecule has 0 atom stereocenters. The normalized spacial score (nSPS) is 11.8. The smallest absolute Gasteiger partial charge is 0.419 e. The molecule has 4 aromatic rings. The summed E-state index contributed by atoms with van der Waals surface area (Å²) in [7, 11) is 0. The maximum absolute atomic E-state index is 12.6. The molecule has 0 amide bonds. The number of nitrogens with zero attached hydrogens (tertiary/aromatic N) is 2. The topological polar surface area (TPSA) is 73.5 Å². The van der Waals surface area contributed by atoms with Gasteiger partial charge in [0.15, 0.2) is 0 Å². The van der Waals surface area contributed by atoms with E-state index in [1.54, 1.807) is 29.0 Å². The Morgan fingerprint density at radius 1 is 0.879 bits per heavy atom. The van der Waals surface area contributed by atoms with Crippen LogP contribution in [0.2, 0.25) is 5.02 Å². The molecule has 1 N–H and O–H groups in total. The number of fused-ring (bicyclic) bond motifs is 2. The van der Waals surface area contributed by atoms with Crippen molar-refractivity contribution in [3.8, 4) is 0 Å². The molecule has 0 unspecified atom stereocenters. The third kappa shape index (κ3) is 5.57. The van der Waals surface area contributed by atoms with Crippen LogP contribution in [0.25, 0.3) is 21.8 Å². The Morgan fingerprint density at radius 3 is 2.15 bits per heavy atom. The van der Waals surface area contributed by atoms with E-state index in [0.717, 1.165) is 27.5 Å². The van der Waals surface area contributed by atoms with Crippen molar-refractivity contribution in [2.75, 3.05) is 0 Å². The maximum atomic E-state index is 12.6. The van der Waals surface area contributed by atoms with Crippen molar-refractivity contribution in [3.63, 3.8) is 0 Å². The predicted molar refractivity (Wildman–Crippen MR) is 133 cm³/mol. The lowest BCUT2D eigenvalue weighted by molar-refractivity contribution is 0.0535. The van der Waals surface area contributed by atoms with Crippen LogP contribution in [-0.4, -0.2) is 32.0 Å². The fraction of sp³-hybridized carbons (Fsp3) is 0.308. The van der Waals surface area contributed by atoms with Gasteiger partial charge in [-0.2, -0.15) is 0 Å². The van der Waals surface area contributed by atoms with Crippen LogP contribution in [0.1, 0.15) is 47.2 Å². The van der Waals surface area contributed by atoms with E-state index in [2.05, 4.69) is 20.8 Å². The van der Waals surface area contributed by atoms with Gasteiger partial charge in [-0.15, -0.1) is 0 Å². The van der Waals surface area contributed by atoms with Gasteiger partial charge in [0.1, 0.15) is 5.60 Å². The van der Waals surface area contributed by atoms with Crippen LogP contribution >= 0.6 is 11.6 Å². The summed E-state index contributed by atoms with van der Waals surface area (Å²) in [6.45, 7) is 11.8. The van der Waals surface area contributed by atoms with E-state index < -0.39 is 11.7 Å². The van der Waals surface area contributed by atoms with E-state index in [4.69, 9.17) is 21.4 Å². The lowest BCUT2D eigenvalue weighted by Gasteiger charge is -2.24. The molecule has 0 saturated heterocycles. The Hall–Kier alpha value is -3.25. The Bertz CT molecular complexity index is 1320. The Balaban J connectivity index is 0.000000215. The zero-order valence-electron chi connectivity index (χ0n) is 19.7. The molecule has 0 aliphatic rings. The number of carbonyl (C=O) groups excluding carboxylic acids is 1. The highest BCUT2D eigenvalue weighted by molar-refractivity contribution is 6.31. The first kappa shape index (κ1) is 24.4. The average molecular weight is 469 g/mol. The molecule has 33 heavy (non-hydrogen) atoms. The van der Waals surface area contributed by atoms with Gasteiger partial charge in [0.05, 0.1) is 11.0 Å². The summed E-state index contributed by atoms with van der Waals surface area (Å²) in [6, 6.07) is 16.7. The van der Waals surface area contributed by atoms with Crippen molar-refractivity contribution >= 4 is 45.6 Å². The Morgan fingerprint density at radius 2 is 1.55 bits per heavy atom. The summed E-state index contributed by atoms with van der Waals surface area (Å²) in [5, 5.41) is 11.3. The monoisotopic (exact) mass is 468 g/mol. The molecule has 0 radical (unpaired) electrons. The average Bonchev–Trinajstić information content (AvgIpc) is 3.28. The lowest BCUT2D eigenvalue weighted by Crippen LogP contribution is -2.30. The number of carbonyl (C=O) groups is 2. The lowest BCUT2D eigenvalue weighted by atomic mass is 9.92. The summed E-state index contributed by atoms with van der Waals surface area (Å²) in [6.07, 6.45) is 0.244. The second-order valence-electron chi connectivity index (χ2n) is 9.83. The Labute approximate surface area is 198 Å². The molecule has 174 valence electrons. The molecule has 7 heteroatoms. The van der Waals surface area contributed by atoms with E-state index in [1.807, 2.05) is 57.2 Å². The zero-order valence-corrected chi connectivity index (χ0v) is 20.5. The molecular formula is C26H29ClN2O4. The number of hydrogen-bond acceptors (Lipinski definition) is 3. The van der Waals surface area contributed by atoms with Gasteiger partial charge in [0.2, 0.25) is 0 Å². The maximum Gasteiger partial charge on any atom is 0.419 e. The second-order valence-corrected chi connectivity index (χ2v) is 10.3. The van der Waals surface area contributed by atoms with Gasteiger partial charge in [-0.1, -0.05) is 50.6 Å². The molecule has 2 heterocycles. The van der Waals surface area contributed by atoms with Gasteiger partial charge < -0.3 is 9.84 Å². The van der Waals surface area contributed by atoms with Crippen LogP contribution in [0.15, 0.2) is 60.8 Å². The predicted octanol–water partition coefficient (Wildman–Crippen LogP) is 7.54. The molecule has 0 fully saturated rings. The first-order valence-electron chi connectivity index (χ1n) is 10.6. The summed E-state index contributed by atoms with van der Waals surface area (Å²) in [5.74, 6) is 0. The SMILES string of the molecule is CC(C)(C)OC(=O)n1c(C(C)(C)C)cc2cc(Cl)ccc21.O=C(O)n1ccc2ccccc21. The molecule has 2 aromatic heterocycles. The standard InChI is InChI=1S/C17H22ClNO2.C9H7NO2/c1-16(2,3)14-10-11-9-12(18)7-8-13(11)19(14)15(20)21-17(4,5)6;11-9(12)10-6-5-7-3-1-2-4-8(7)10/h7-10H,1-6H3;1-6H,(H,11,12). The number of benzene rings is 2. The highest BCUT2D eigenvalue weighted by Gasteiger charge is 2.27. The van der Waals surface area contributed by atoms with Crippen molar-refractivity contribution < 1.29 is 19.4 Å². The fourth-order valence-electron chi connectivity index (χ4n) is 3.49. The van der Waals surface area contributed by atoms with Crippen LogP contribution < -0.4 is 0 Å². The molecule has 0 spiro atoms. The molecule has 2 aromatic carbocycles. The largest absolute Gasteiger partial charge is 0.464 e. The molecule has 6 nitrogen and oxygen atoms in total. The highest BCUT2D eigenvalue weighted by atomic mass is 35.5. The van der Waals surface area contributed by atoms with Crippen molar-refractivity contribution in [1.82, 2.24) is 9.13 Å². The van der Waals surface area contributed by atoms with Crippen LogP contribution in [0.5, 0.6) is 0 Å². The molecular weight excluding hydrogens is 440 g/mol. The Kier molecular flexibility index (Phi) is 6.61. The van der Waals surface area contributed by atoms with E-state index in [0.29, 0.717) is 5.02 Å². The summed E-state index contributed by atoms with van der Waals surface area (Å²) in [4.78, 5) is 23.2. The molecule has 0 saturated carbocycles. The number of halogens is 1. The van der Waals surface area contributed by atoms with E-state index in [-0.39, 0.29) is 11.5 Å². The van der Waals surface area contributed by atoms with Crippen LogP contribution in [-0.2, 0) is 10.2 Å². The van der Waals surface area contributed by atoms with Gasteiger partial charge in [0, 0.05) is 33.1 Å². The number of rotatable bonds is 0. The van der Waals surface area contributed by atoms with Crippen LogP contribution in [0.3, 0.4) is 0 Å². The minimum absolute atomic E-state index is 0.178. The van der Waals surface area contributed by atoms with Crippen LogP contribution in [0.4, 0.5) is 9.59 Å².